The van der Waals surface area contributed by atoms with Crippen molar-refractivity contribution in [2.45, 2.75) is 4.90 Å². The molecule has 9 heteroatoms. The van der Waals surface area contributed by atoms with Crippen LogP contribution in [0.3, 0.4) is 0 Å². The minimum atomic E-state index is -3.88. The lowest BCUT2D eigenvalue weighted by Gasteiger charge is -2.09. The van der Waals surface area contributed by atoms with Gasteiger partial charge in [0.1, 0.15) is 4.90 Å². The monoisotopic (exact) mass is 295 g/mol. The van der Waals surface area contributed by atoms with Crippen molar-refractivity contribution in [2.24, 2.45) is 12.8 Å². The summed E-state index contributed by atoms with van der Waals surface area (Å²) in [5, 5.41) is 3.91. The number of nitrogen functional groups attached to an aromatic ring is 1. The highest BCUT2D eigenvalue weighted by Crippen LogP contribution is 2.22. The zero-order valence-corrected chi connectivity index (χ0v) is 11.4. The van der Waals surface area contributed by atoms with Gasteiger partial charge in [-0.1, -0.05) is 0 Å². The van der Waals surface area contributed by atoms with E-state index in [-0.39, 0.29) is 22.0 Å². The molecule has 0 aliphatic rings. The van der Waals surface area contributed by atoms with Crippen LogP contribution in [-0.2, 0) is 17.1 Å². The highest BCUT2D eigenvalue weighted by Gasteiger charge is 2.19. The Morgan fingerprint density at radius 1 is 1.35 bits per heavy atom. The summed E-state index contributed by atoms with van der Waals surface area (Å²) in [5.41, 5.74) is 10.8. The highest BCUT2D eigenvalue weighted by atomic mass is 32.2. The summed E-state index contributed by atoms with van der Waals surface area (Å²) in [6.07, 6.45) is 1.59. The molecular formula is C11H13N5O3S. The molecule has 1 heterocycles. The number of hydrogen-bond acceptors (Lipinski definition) is 5. The summed E-state index contributed by atoms with van der Waals surface area (Å²) in [4.78, 5) is 10.9. The van der Waals surface area contributed by atoms with E-state index in [1.807, 2.05) is 0 Å². The number of amides is 1. The van der Waals surface area contributed by atoms with Gasteiger partial charge in [0.05, 0.1) is 5.69 Å². The van der Waals surface area contributed by atoms with E-state index >= 15 is 0 Å². The molecule has 2 aromatic rings. The average Bonchev–Trinajstić information content (AvgIpc) is 2.73. The Balaban J connectivity index is 2.37. The predicted molar refractivity (Wildman–Crippen MR) is 73.4 cm³/mol. The van der Waals surface area contributed by atoms with Gasteiger partial charge in [-0.15, -0.1) is 0 Å². The minimum absolute atomic E-state index is 0.0651. The van der Waals surface area contributed by atoms with Crippen molar-refractivity contribution in [3.05, 3.63) is 36.0 Å². The van der Waals surface area contributed by atoms with Crippen LogP contribution in [0.15, 0.2) is 35.4 Å². The molecule has 106 valence electrons. The lowest BCUT2D eigenvalue weighted by molar-refractivity contribution is 0.1000. The van der Waals surface area contributed by atoms with Crippen molar-refractivity contribution < 1.29 is 13.2 Å². The number of nitrogens with zero attached hydrogens (tertiary/aromatic N) is 2. The first-order valence-electron chi connectivity index (χ1n) is 5.51. The molecular weight excluding hydrogens is 282 g/mol. The maximum atomic E-state index is 12.2. The van der Waals surface area contributed by atoms with Gasteiger partial charge in [-0.3, -0.25) is 14.2 Å². The third kappa shape index (κ3) is 2.72. The van der Waals surface area contributed by atoms with Crippen molar-refractivity contribution >= 4 is 27.4 Å². The molecule has 8 nitrogen and oxygen atoms in total. The Bertz CT molecular complexity index is 766. The quantitative estimate of drug-likeness (QED) is 0.677. The van der Waals surface area contributed by atoms with Crippen molar-refractivity contribution in [3.63, 3.8) is 0 Å². The molecule has 5 N–H and O–H groups in total. The molecule has 0 saturated carbocycles. The van der Waals surface area contributed by atoms with E-state index in [1.165, 1.54) is 28.9 Å². The van der Waals surface area contributed by atoms with Crippen molar-refractivity contribution in [3.8, 4) is 0 Å². The zero-order chi connectivity index (χ0) is 14.9. The van der Waals surface area contributed by atoms with E-state index in [2.05, 4.69) is 9.82 Å². The van der Waals surface area contributed by atoms with Gasteiger partial charge in [-0.2, -0.15) is 5.10 Å². The van der Waals surface area contributed by atoms with Gasteiger partial charge in [0.25, 0.3) is 10.0 Å². The Hall–Kier alpha value is -2.55. The predicted octanol–water partition coefficient (Wildman–Crippen LogP) is -0.0980. The van der Waals surface area contributed by atoms with Crippen LogP contribution >= 0.6 is 0 Å². The molecule has 0 unspecified atom stereocenters. The summed E-state index contributed by atoms with van der Waals surface area (Å²) in [5.74, 6) is -0.510. The van der Waals surface area contributed by atoms with Gasteiger partial charge in [0.15, 0.2) is 5.82 Å². The molecule has 0 fully saturated rings. The first-order valence-corrected chi connectivity index (χ1v) is 7.00. The topological polar surface area (TPSA) is 133 Å². The second-order valence-corrected chi connectivity index (χ2v) is 5.75. The fourth-order valence-corrected chi connectivity index (χ4v) is 2.72. The number of primary amides is 1. The Morgan fingerprint density at radius 2 is 2.05 bits per heavy atom. The van der Waals surface area contributed by atoms with Crippen molar-refractivity contribution in [1.29, 1.82) is 0 Å². The number of anilines is 2. The van der Waals surface area contributed by atoms with E-state index < -0.39 is 15.9 Å². The van der Waals surface area contributed by atoms with Gasteiger partial charge >= 0.3 is 0 Å². The van der Waals surface area contributed by atoms with Gasteiger partial charge in [0.2, 0.25) is 5.91 Å². The molecule has 0 bridgehead atoms. The Kier molecular flexibility index (Phi) is 3.36. The largest absolute Gasteiger partial charge is 0.398 e. The summed E-state index contributed by atoms with van der Waals surface area (Å²) in [7, 11) is -2.22. The number of aromatic nitrogens is 2. The number of sulfonamides is 1. The van der Waals surface area contributed by atoms with Crippen LogP contribution in [0.2, 0.25) is 0 Å². The summed E-state index contributed by atoms with van der Waals surface area (Å²) in [6.45, 7) is 0. The number of hydrogen-bond donors (Lipinski definition) is 3. The number of rotatable bonds is 4. The van der Waals surface area contributed by atoms with E-state index in [0.717, 1.165) is 0 Å². The molecule has 0 radical (unpaired) electrons. The van der Waals surface area contributed by atoms with Crippen LogP contribution < -0.4 is 16.2 Å². The van der Waals surface area contributed by atoms with E-state index in [1.54, 1.807) is 13.2 Å². The molecule has 0 spiro atoms. The standard InChI is InChI=1S/C11H13N5O3S/c1-16-5-4-10(14-16)15-20(18,19)9-3-2-7(11(13)17)6-8(9)12/h2-6H,12H2,1H3,(H2,13,17)(H,14,15). The average molecular weight is 295 g/mol. The molecule has 2 rings (SSSR count). The fourth-order valence-electron chi connectivity index (χ4n) is 1.61. The first kappa shape index (κ1) is 13.9. The molecule has 0 aliphatic carbocycles. The molecule has 1 amide bonds. The van der Waals surface area contributed by atoms with Crippen molar-refractivity contribution in [1.82, 2.24) is 9.78 Å². The molecule has 1 aromatic heterocycles. The maximum absolute atomic E-state index is 12.2. The lowest BCUT2D eigenvalue weighted by Crippen LogP contribution is -2.17. The zero-order valence-electron chi connectivity index (χ0n) is 10.6. The van der Waals surface area contributed by atoms with Crippen LogP contribution in [0.4, 0.5) is 11.5 Å². The smallest absolute Gasteiger partial charge is 0.265 e. The molecule has 20 heavy (non-hydrogen) atoms. The molecule has 1 aromatic carbocycles. The third-order valence-electron chi connectivity index (χ3n) is 2.54. The number of nitrogens with two attached hydrogens (primary N) is 2. The molecule has 0 aliphatic heterocycles. The van der Waals surface area contributed by atoms with Gasteiger partial charge < -0.3 is 11.5 Å². The van der Waals surface area contributed by atoms with E-state index in [9.17, 15) is 13.2 Å². The van der Waals surface area contributed by atoms with Crippen LogP contribution in [-0.4, -0.2) is 24.1 Å². The lowest BCUT2D eigenvalue weighted by atomic mass is 10.2. The second-order valence-electron chi connectivity index (χ2n) is 4.10. The van der Waals surface area contributed by atoms with Gasteiger partial charge in [0, 0.05) is 24.9 Å². The summed E-state index contributed by atoms with van der Waals surface area (Å²) < 4.78 is 28.1. The van der Waals surface area contributed by atoms with E-state index in [4.69, 9.17) is 11.5 Å². The number of nitrogens with one attached hydrogen (secondary N) is 1. The Labute approximate surface area is 115 Å². The SMILES string of the molecule is Cn1ccc(NS(=O)(=O)c2ccc(C(N)=O)cc2N)n1. The van der Waals surface area contributed by atoms with E-state index in [0.29, 0.717) is 0 Å². The summed E-state index contributed by atoms with van der Waals surface area (Å²) in [6, 6.07) is 5.24. The summed E-state index contributed by atoms with van der Waals surface area (Å²) >= 11 is 0. The van der Waals surface area contributed by atoms with Gasteiger partial charge in [-0.25, -0.2) is 8.42 Å². The van der Waals surface area contributed by atoms with Crippen LogP contribution in [0, 0.1) is 0 Å². The second kappa shape index (κ2) is 4.85. The highest BCUT2D eigenvalue weighted by molar-refractivity contribution is 7.92. The number of carbonyl (C=O) groups is 1. The number of benzene rings is 1. The normalized spacial score (nSPS) is 11.2. The minimum Gasteiger partial charge on any atom is -0.398 e. The number of aryl methyl sites for hydroxylation is 1. The van der Waals surface area contributed by atoms with Crippen LogP contribution in [0.25, 0.3) is 0 Å². The maximum Gasteiger partial charge on any atom is 0.265 e. The first-order chi connectivity index (χ1) is 9.29. The Morgan fingerprint density at radius 3 is 2.55 bits per heavy atom. The molecule has 0 saturated heterocycles. The fraction of sp³-hybridized carbons (Fsp3) is 0.0909. The number of carbonyl (C=O) groups excluding carboxylic acids is 1. The van der Waals surface area contributed by atoms with Crippen molar-refractivity contribution in [2.75, 3.05) is 10.5 Å². The van der Waals surface area contributed by atoms with Gasteiger partial charge in [-0.05, 0) is 18.2 Å². The molecule has 0 atom stereocenters. The van der Waals surface area contributed by atoms with Crippen LogP contribution in [0.5, 0.6) is 0 Å². The third-order valence-corrected chi connectivity index (χ3v) is 3.97. The van der Waals surface area contributed by atoms with Crippen LogP contribution in [0.1, 0.15) is 10.4 Å².